The highest BCUT2D eigenvalue weighted by Gasteiger charge is 2.33. The van der Waals surface area contributed by atoms with E-state index in [1.165, 1.54) is 82.4 Å². The van der Waals surface area contributed by atoms with Crippen LogP contribution in [-0.2, 0) is 13.6 Å². The Morgan fingerprint density at radius 3 is 2.45 bits per heavy atom. The molecule has 0 unspecified atom stereocenters. The molecule has 22 heavy (non-hydrogen) atoms. The summed E-state index contributed by atoms with van der Waals surface area (Å²) in [5.74, 6) is 4.04. The number of aromatic nitrogens is 3. The molecule has 0 N–H and O–H groups in total. The van der Waals surface area contributed by atoms with Gasteiger partial charge in [-0.2, -0.15) is 0 Å². The van der Waals surface area contributed by atoms with E-state index < -0.39 is 0 Å². The van der Waals surface area contributed by atoms with Crippen molar-refractivity contribution in [1.82, 2.24) is 19.7 Å². The maximum Gasteiger partial charge on any atom is 0.146 e. The van der Waals surface area contributed by atoms with Crippen molar-refractivity contribution in [2.45, 2.75) is 82.7 Å². The van der Waals surface area contributed by atoms with Crippen molar-refractivity contribution in [2.24, 2.45) is 13.0 Å². The van der Waals surface area contributed by atoms with Gasteiger partial charge in [0.1, 0.15) is 11.6 Å². The number of likely N-dealkylation sites (tertiary alicyclic amines) is 1. The van der Waals surface area contributed by atoms with Crippen molar-refractivity contribution in [3.8, 4) is 0 Å². The Balaban J connectivity index is 1.50. The van der Waals surface area contributed by atoms with E-state index in [0.717, 1.165) is 18.5 Å². The average Bonchev–Trinajstić information content (AvgIpc) is 2.72. The van der Waals surface area contributed by atoms with Crippen LogP contribution in [0, 0.1) is 5.92 Å². The summed E-state index contributed by atoms with van der Waals surface area (Å²) >= 11 is 0. The largest absolute Gasteiger partial charge is 0.317 e. The maximum atomic E-state index is 4.55. The Morgan fingerprint density at radius 2 is 1.68 bits per heavy atom. The van der Waals surface area contributed by atoms with Gasteiger partial charge in [0.25, 0.3) is 0 Å². The third kappa shape index (κ3) is 2.70. The van der Waals surface area contributed by atoms with E-state index in [9.17, 15) is 0 Å². The summed E-state index contributed by atoms with van der Waals surface area (Å²) in [6, 6.07) is 0.806. The lowest BCUT2D eigenvalue weighted by molar-refractivity contribution is 0.106. The Bertz CT molecular complexity index is 505. The molecule has 2 heterocycles. The van der Waals surface area contributed by atoms with Gasteiger partial charge in [-0.25, -0.2) is 0 Å². The van der Waals surface area contributed by atoms with Gasteiger partial charge in [0.15, 0.2) is 0 Å². The second-order valence-corrected chi connectivity index (χ2v) is 7.74. The summed E-state index contributed by atoms with van der Waals surface area (Å²) in [4.78, 5) is 2.74. The number of nitrogens with zero attached hydrogens (tertiary/aromatic N) is 4. The molecule has 0 aromatic carbocycles. The Kier molecular flexibility index (Phi) is 4.21. The molecule has 3 fully saturated rings. The third-order valence-electron chi connectivity index (χ3n) is 6.42. The van der Waals surface area contributed by atoms with Crippen molar-refractivity contribution in [1.29, 1.82) is 0 Å². The summed E-state index contributed by atoms with van der Waals surface area (Å²) in [5, 5.41) is 9.07. The molecule has 2 saturated carbocycles. The molecule has 1 aromatic heterocycles. The molecule has 4 heteroatoms. The van der Waals surface area contributed by atoms with Gasteiger partial charge in [0.2, 0.25) is 0 Å². The van der Waals surface area contributed by atoms with E-state index in [4.69, 9.17) is 0 Å². The predicted molar refractivity (Wildman–Crippen MR) is 87.6 cm³/mol. The highest BCUT2D eigenvalue weighted by Crippen LogP contribution is 2.37. The molecule has 1 aliphatic heterocycles. The van der Waals surface area contributed by atoms with Crippen LogP contribution in [-0.4, -0.2) is 32.3 Å². The van der Waals surface area contributed by atoms with Crippen LogP contribution in [0.1, 0.15) is 81.8 Å². The zero-order valence-corrected chi connectivity index (χ0v) is 14.0. The fraction of sp³-hybridized carbons (Fsp3) is 0.889. The zero-order chi connectivity index (χ0) is 14.9. The molecule has 3 aliphatic rings. The zero-order valence-electron chi connectivity index (χ0n) is 14.0. The topological polar surface area (TPSA) is 34.0 Å². The monoisotopic (exact) mass is 302 g/mol. The highest BCUT2D eigenvalue weighted by molar-refractivity contribution is 5.05. The maximum absolute atomic E-state index is 4.55. The first-order valence-corrected chi connectivity index (χ1v) is 9.45. The summed E-state index contributed by atoms with van der Waals surface area (Å²) in [6.45, 7) is 2.27. The highest BCUT2D eigenvalue weighted by atomic mass is 15.3. The molecule has 0 amide bonds. The second kappa shape index (κ2) is 6.31. The molecular weight excluding hydrogens is 272 g/mol. The number of rotatable bonds is 3. The Hall–Kier alpha value is -0.900. The van der Waals surface area contributed by atoms with Crippen LogP contribution < -0.4 is 0 Å². The van der Waals surface area contributed by atoms with Crippen molar-refractivity contribution in [2.75, 3.05) is 6.54 Å². The molecule has 2 atom stereocenters. The Labute approximate surface area is 134 Å². The van der Waals surface area contributed by atoms with Crippen LogP contribution in [0.15, 0.2) is 0 Å². The van der Waals surface area contributed by atoms with Crippen molar-refractivity contribution in [3.63, 3.8) is 0 Å². The molecule has 2 aliphatic carbocycles. The minimum Gasteiger partial charge on any atom is -0.317 e. The lowest BCUT2D eigenvalue weighted by Crippen LogP contribution is -2.41. The molecule has 4 rings (SSSR count). The smallest absolute Gasteiger partial charge is 0.146 e. The van der Waals surface area contributed by atoms with Crippen LogP contribution in [0.25, 0.3) is 0 Å². The Morgan fingerprint density at radius 1 is 0.909 bits per heavy atom. The van der Waals surface area contributed by atoms with E-state index in [0.29, 0.717) is 5.92 Å². The van der Waals surface area contributed by atoms with Crippen LogP contribution in [0.5, 0.6) is 0 Å². The summed E-state index contributed by atoms with van der Waals surface area (Å²) in [5.41, 5.74) is 0. The van der Waals surface area contributed by atoms with Gasteiger partial charge < -0.3 is 4.57 Å². The van der Waals surface area contributed by atoms with E-state index in [2.05, 4.69) is 26.7 Å². The molecule has 1 saturated heterocycles. The van der Waals surface area contributed by atoms with Gasteiger partial charge in [-0.3, -0.25) is 4.90 Å². The summed E-state index contributed by atoms with van der Waals surface area (Å²) in [7, 11) is 2.18. The fourth-order valence-electron chi connectivity index (χ4n) is 4.81. The molecule has 122 valence electrons. The van der Waals surface area contributed by atoms with E-state index in [-0.39, 0.29) is 0 Å². The van der Waals surface area contributed by atoms with Gasteiger partial charge in [0, 0.05) is 19.0 Å². The summed E-state index contributed by atoms with van der Waals surface area (Å²) in [6.07, 6.45) is 13.9. The molecule has 1 aromatic rings. The van der Waals surface area contributed by atoms with Crippen molar-refractivity contribution in [3.05, 3.63) is 11.6 Å². The number of hydrogen-bond donors (Lipinski definition) is 0. The van der Waals surface area contributed by atoms with Crippen molar-refractivity contribution < 1.29 is 0 Å². The number of fused-ring (bicyclic) bond motifs is 1. The molecule has 0 spiro atoms. The van der Waals surface area contributed by atoms with Crippen LogP contribution in [0.2, 0.25) is 0 Å². The van der Waals surface area contributed by atoms with Gasteiger partial charge in [0.05, 0.1) is 6.54 Å². The lowest BCUT2D eigenvalue weighted by Gasteiger charge is -2.38. The normalized spacial score (nSPS) is 30.6. The van der Waals surface area contributed by atoms with Crippen molar-refractivity contribution >= 4 is 0 Å². The SMILES string of the molecule is Cn1c(CN2CCCC[C@@H]3CCCC[C@H]32)nnc1C1CCC1. The molecule has 0 bridgehead atoms. The fourth-order valence-corrected chi connectivity index (χ4v) is 4.81. The first-order chi connectivity index (χ1) is 10.8. The molecule has 4 nitrogen and oxygen atoms in total. The van der Waals surface area contributed by atoms with E-state index in [1.807, 2.05) is 0 Å². The standard InChI is InChI=1S/C18H30N4/c1-21-17(19-20-18(21)15-9-6-10-15)13-22-12-5-4-8-14-7-2-3-11-16(14)22/h14-16H,2-13H2,1H3/t14-,16+/m0/s1. The van der Waals surface area contributed by atoms with Crippen LogP contribution in [0.4, 0.5) is 0 Å². The first kappa shape index (κ1) is 14.7. The van der Waals surface area contributed by atoms with Crippen LogP contribution >= 0.6 is 0 Å². The van der Waals surface area contributed by atoms with Gasteiger partial charge in [-0.15, -0.1) is 10.2 Å². The minimum atomic E-state index is 0.679. The minimum absolute atomic E-state index is 0.679. The third-order valence-corrected chi connectivity index (χ3v) is 6.42. The predicted octanol–water partition coefficient (Wildman–Crippen LogP) is 3.63. The molecular formula is C18H30N4. The van der Waals surface area contributed by atoms with Crippen LogP contribution in [0.3, 0.4) is 0 Å². The van der Waals surface area contributed by atoms with Gasteiger partial charge in [-0.05, 0) is 51.0 Å². The van der Waals surface area contributed by atoms with E-state index in [1.54, 1.807) is 0 Å². The number of hydrogen-bond acceptors (Lipinski definition) is 3. The first-order valence-electron chi connectivity index (χ1n) is 9.45. The van der Waals surface area contributed by atoms with Gasteiger partial charge in [-0.1, -0.05) is 25.7 Å². The quantitative estimate of drug-likeness (QED) is 0.855. The lowest BCUT2D eigenvalue weighted by atomic mass is 9.81. The summed E-state index contributed by atoms with van der Waals surface area (Å²) < 4.78 is 2.30. The van der Waals surface area contributed by atoms with E-state index >= 15 is 0 Å². The molecule has 0 radical (unpaired) electrons. The van der Waals surface area contributed by atoms with Gasteiger partial charge >= 0.3 is 0 Å². The second-order valence-electron chi connectivity index (χ2n) is 7.74. The average molecular weight is 302 g/mol.